The number of hydrogen-bond acceptors (Lipinski definition) is 4. The second-order valence-electron chi connectivity index (χ2n) is 5.87. The largest absolute Gasteiger partial charge is 0.493 e. The molecule has 25 heavy (non-hydrogen) atoms. The number of aliphatic hydroxyl groups is 1. The van der Waals surface area contributed by atoms with Gasteiger partial charge in [-0.2, -0.15) is 13.2 Å². The molecule has 6 nitrogen and oxygen atoms in total. The molecule has 0 bridgehead atoms. The van der Waals surface area contributed by atoms with Gasteiger partial charge in [0.25, 0.3) is 0 Å². The molecule has 0 saturated heterocycles. The first-order chi connectivity index (χ1) is 11.7. The average Bonchev–Trinajstić information content (AvgIpc) is 3.13. The Hall–Kier alpha value is -2.55. The third kappa shape index (κ3) is 3.19. The van der Waals surface area contributed by atoms with Crippen LogP contribution in [0.4, 0.5) is 18.9 Å². The number of aromatic nitrogens is 2. The van der Waals surface area contributed by atoms with Crippen LogP contribution in [0.1, 0.15) is 17.8 Å². The molecule has 2 N–H and O–H groups in total. The number of nitrogens with zero attached hydrogens (tertiary/aromatic N) is 2. The van der Waals surface area contributed by atoms with Crippen LogP contribution in [0.2, 0.25) is 0 Å². The molecule has 1 aliphatic heterocycles. The van der Waals surface area contributed by atoms with Crippen LogP contribution in [-0.2, 0) is 23.9 Å². The minimum Gasteiger partial charge on any atom is -0.493 e. The van der Waals surface area contributed by atoms with Gasteiger partial charge in [0.05, 0.1) is 13.0 Å². The number of aryl methyl sites for hydroxylation is 1. The lowest BCUT2D eigenvalue weighted by Crippen LogP contribution is -2.46. The Kier molecular flexibility index (Phi) is 4.19. The van der Waals surface area contributed by atoms with Crippen LogP contribution < -0.4 is 10.1 Å². The van der Waals surface area contributed by atoms with E-state index in [-0.39, 0.29) is 0 Å². The van der Waals surface area contributed by atoms with Crippen LogP contribution in [0.25, 0.3) is 0 Å². The Morgan fingerprint density at radius 2 is 2.20 bits per heavy atom. The Labute approximate surface area is 141 Å². The quantitative estimate of drug-likeness (QED) is 0.881. The molecule has 2 heterocycles. The monoisotopic (exact) mass is 355 g/mol. The van der Waals surface area contributed by atoms with Gasteiger partial charge < -0.3 is 19.7 Å². The third-order valence-electron chi connectivity index (χ3n) is 4.05. The molecule has 0 unspecified atom stereocenters. The molecule has 1 amide bonds. The summed E-state index contributed by atoms with van der Waals surface area (Å²) in [5.74, 6) is -0.919. The first-order valence-electron chi connectivity index (χ1n) is 7.53. The number of carbonyl (C=O) groups is 1. The van der Waals surface area contributed by atoms with Gasteiger partial charge in [-0.3, -0.25) is 4.79 Å². The Bertz CT molecular complexity index is 803. The Morgan fingerprint density at radius 1 is 1.44 bits per heavy atom. The number of fused-ring (bicyclic) bond motifs is 1. The zero-order valence-corrected chi connectivity index (χ0v) is 13.3. The second-order valence-corrected chi connectivity index (χ2v) is 5.87. The van der Waals surface area contributed by atoms with E-state index >= 15 is 0 Å². The predicted octanol–water partition coefficient (Wildman–Crippen LogP) is 2.13. The van der Waals surface area contributed by atoms with E-state index in [0.29, 0.717) is 24.5 Å². The van der Waals surface area contributed by atoms with Crippen LogP contribution in [-0.4, -0.2) is 33.3 Å². The minimum absolute atomic E-state index is 0.346. The maximum atomic E-state index is 13.4. The van der Waals surface area contributed by atoms with Crippen LogP contribution in [0.15, 0.2) is 30.6 Å². The number of nitrogens with one attached hydrogen (secondary N) is 1. The van der Waals surface area contributed by atoms with E-state index in [0.717, 1.165) is 16.3 Å². The molecule has 9 heteroatoms. The van der Waals surface area contributed by atoms with Gasteiger partial charge >= 0.3 is 6.18 Å². The molecular weight excluding hydrogens is 339 g/mol. The molecule has 1 aromatic carbocycles. The van der Waals surface area contributed by atoms with E-state index in [1.54, 1.807) is 12.1 Å². The number of ether oxygens (including phenoxy) is 1. The van der Waals surface area contributed by atoms with Crippen LogP contribution in [0.5, 0.6) is 5.75 Å². The summed E-state index contributed by atoms with van der Waals surface area (Å²) in [6.07, 6.45) is -3.20. The summed E-state index contributed by atoms with van der Waals surface area (Å²) in [5, 5.41) is 12.6. The summed E-state index contributed by atoms with van der Waals surface area (Å²) in [7, 11) is 1.32. The molecule has 1 atom stereocenters. The highest BCUT2D eigenvalue weighted by molar-refractivity contribution is 5.91. The maximum absolute atomic E-state index is 13.4. The maximum Gasteiger partial charge on any atom is 0.425 e. The van der Waals surface area contributed by atoms with Gasteiger partial charge in [-0.05, 0) is 23.8 Å². The number of carbonyl (C=O) groups excluding carboxylic acids is 1. The van der Waals surface area contributed by atoms with Crippen LogP contribution >= 0.6 is 0 Å². The van der Waals surface area contributed by atoms with Gasteiger partial charge in [0, 0.05) is 31.5 Å². The molecule has 3 rings (SSSR count). The van der Waals surface area contributed by atoms with Crippen molar-refractivity contribution in [1.82, 2.24) is 9.55 Å². The molecule has 0 spiro atoms. The molecule has 2 aromatic rings. The molecule has 0 aliphatic carbocycles. The minimum atomic E-state index is -5.06. The number of halogens is 3. The van der Waals surface area contributed by atoms with E-state index in [4.69, 9.17) is 4.74 Å². The number of anilines is 1. The van der Waals surface area contributed by atoms with Gasteiger partial charge in [-0.25, -0.2) is 4.98 Å². The average molecular weight is 355 g/mol. The highest BCUT2D eigenvalue weighted by Gasteiger charge is 2.58. The highest BCUT2D eigenvalue weighted by atomic mass is 19.4. The topological polar surface area (TPSA) is 76.4 Å². The SMILES string of the molecule is Cn1ccnc1[C@](O)(CC(=O)Nc1ccc2c(c1)CCO2)C(F)(F)F. The van der Waals surface area contributed by atoms with E-state index in [1.807, 2.05) is 0 Å². The van der Waals surface area contributed by atoms with Crippen LogP contribution in [0, 0.1) is 0 Å². The van der Waals surface area contributed by atoms with Gasteiger partial charge in [-0.1, -0.05) is 0 Å². The fourth-order valence-electron chi connectivity index (χ4n) is 2.77. The normalized spacial score (nSPS) is 16.0. The molecule has 1 aromatic heterocycles. The zero-order chi connectivity index (χ0) is 18.2. The lowest BCUT2D eigenvalue weighted by Gasteiger charge is -2.29. The molecule has 134 valence electrons. The predicted molar refractivity (Wildman–Crippen MR) is 82.0 cm³/mol. The van der Waals surface area contributed by atoms with Gasteiger partial charge in [0.1, 0.15) is 5.75 Å². The van der Waals surface area contributed by atoms with Gasteiger partial charge in [0.2, 0.25) is 11.5 Å². The Morgan fingerprint density at radius 3 is 2.84 bits per heavy atom. The Balaban J connectivity index is 1.81. The lowest BCUT2D eigenvalue weighted by molar-refractivity contribution is -0.270. The first-order valence-corrected chi connectivity index (χ1v) is 7.53. The van der Waals surface area contributed by atoms with E-state index in [1.165, 1.54) is 19.3 Å². The summed E-state index contributed by atoms with van der Waals surface area (Å²) in [5.41, 5.74) is -2.17. The summed E-state index contributed by atoms with van der Waals surface area (Å²) in [6, 6.07) is 4.83. The van der Waals surface area contributed by atoms with Crippen molar-refractivity contribution in [3.05, 3.63) is 42.0 Å². The van der Waals surface area contributed by atoms with Crippen molar-refractivity contribution >= 4 is 11.6 Å². The molecule has 0 fully saturated rings. The standard InChI is InChI=1S/C16H16F3N3O3/c1-22-6-5-20-14(22)15(24,16(17,18)19)9-13(23)21-11-2-3-12-10(8-11)4-7-25-12/h2-3,5-6,8,24H,4,7,9H2,1H3,(H,21,23)/t15-/m1/s1. The van der Waals surface area contributed by atoms with Crippen molar-refractivity contribution < 1.29 is 27.8 Å². The van der Waals surface area contributed by atoms with E-state index < -0.39 is 29.9 Å². The fraction of sp³-hybridized carbons (Fsp3) is 0.375. The number of rotatable bonds is 4. The zero-order valence-electron chi connectivity index (χ0n) is 13.3. The number of alkyl halides is 3. The third-order valence-corrected chi connectivity index (χ3v) is 4.05. The van der Waals surface area contributed by atoms with Gasteiger partial charge in [-0.15, -0.1) is 0 Å². The number of imidazole rings is 1. The first kappa shape index (κ1) is 17.3. The lowest BCUT2D eigenvalue weighted by atomic mass is 9.97. The number of amides is 1. The van der Waals surface area contributed by atoms with Crippen molar-refractivity contribution in [2.75, 3.05) is 11.9 Å². The molecule has 0 radical (unpaired) electrons. The summed E-state index contributed by atoms with van der Waals surface area (Å²) < 4.78 is 46.6. The van der Waals surface area contributed by atoms with Crippen molar-refractivity contribution in [2.45, 2.75) is 24.6 Å². The molecule has 1 aliphatic rings. The summed E-state index contributed by atoms with van der Waals surface area (Å²) in [6.45, 7) is 0.527. The smallest absolute Gasteiger partial charge is 0.425 e. The fourth-order valence-corrected chi connectivity index (χ4v) is 2.77. The number of hydrogen-bond donors (Lipinski definition) is 2. The van der Waals surface area contributed by atoms with E-state index in [9.17, 15) is 23.1 Å². The molecular formula is C16H16F3N3O3. The van der Waals surface area contributed by atoms with E-state index in [2.05, 4.69) is 10.3 Å². The van der Waals surface area contributed by atoms with Crippen molar-refractivity contribution in [3.8, 4) is 5.75 Å². The number of benzene rings is 1. The van der Waals surface area contributed by atoms with Crippen LogP contribution in [0.3, 0.4) is 0 Å². The van der Waals surface area contributed by atoms with Crippen molar-refractivity contribution in [3.63, 3.8) is 0 Å². The summed E-state index contributed by atoms with van der Waals surface area (Å²) >= 11 is 0. The summed E-state index contributed by atoms with van der Waals surface area (Å²) in [4.78, 5) is 15.7. The highest BCUT2D eigenvalue weighted by Crippen LogP contribution is 2.41. The van der Waals surface area contributed by atoms with Gasteiger partial charge in [0.15, 0.2) is 5.82 Å². The second kappa shape index (κ2) is 6.07. The van der Waals surface area contributed by atoms with Crippen molar-refractivity contribution in [2.24, 2.45) is 7.05 Å². The molecule has 0 saturated carbocycles. The van der Waals surface area contributed by atoms with Crippen molar-refractivity contribution in [1.29, 1.82) is 0 Å².